The Hall–Kier alpha value is -1.15. The predicted octanol–water partition coefficient (Wildman–Crippen LogP) is 2.17. The van der Waals surface area contributed by atoms with Crippen molar-refractivity contribution in [1.29, 1.82) is 0 Å². The summed E-state index contributed by atoms with van der Waals surface area (Å²) >= 11 is 7.19. The Kier molecular flexibility index (Phi) is 4.10. The highest BCUT2D eigenvalue weighted by molar-refractivity contribution is 7.89. The van der Waals surface area contributed by atoms with Crippen LogP contribution in [0.25, 0.3) is 0 Å². The largest absolute Gasteiger partial charge is 0.398 e. The highest BCUT2D eigenvalue weighted by atomic mass is 35.5. The van der Waals surface area contributed by atoms with Crippen molar-refractivity contribution in [2.45, 2.75) is 18.4 Å². The van der Waals surface area contributed by atoms with E-state index in [0.29, 0.717) is 5.02 Å². The van der Waals surface area contributed by atoms with Crippen molar-refractivity contribution >= 4 is 38.6 Å². The summed E-state index contributed by atoms with van der Waals surface area (Å²) in [6, 6.07) is 4.34. The molecule has 0 atom stereocenters. The fraction of sp³-hybridized carbons (Fsp3) is 0.182. The van der Waals surface area contributed by atoms with Crippen molar-refractivity contribution in [2.75, 3.05) is 5.73 Å². The minimum Gasteiger partial charge on any atom is -0.398 e. The van der Waals surface area contributed by atoms with Crippen LogP contribution in [0.3, 0.4) is 0 Å². The highest BCUT2D eigenvalue weighted by Crippen LogP contribution is 2.23. The number of rotatable bonds is 4. The number of nitrogen functional groups attached to an aromatic ring is 1. The van der Waals surface area contributed by atoms with E-state index in [1.807, 2.05) is 6.92 Å². The van der Waals surface area contributed by atoms with Crippen LogP contribution in [0.5, 0.6) is 0 Å². The van der Waals surface area contributed by atoms with Gasteiger partial charge in [-0.3, -0.25) is 0 Å². The molecule has 0 bridgehead atoms. The molecule has 0 fully saturated rings. The van der Waals surface area contributed by atoms with E-state index in [0.717, 1.165) is 10.6 Å². The molecular weight excluding hydrogens is 306 g/mol. The summed E-state index contributed by atoms with van der Waals surface area (Å²) in [5, 5.41) is 0.323. The normalized spacial score (nSPS) is 11.7. The molecule has 0 radical (unpaired) electrons. The third-order valence-electron chi connectivity index (χ3n) is 2.53. The molecule has 0 spiro atoms. The van der Waals surface area contributed by atoms with E-state index < -0.39 is 10.0 Å². The van der Waals surface area contributed by atoms with Crippen LogP contribution in [0.15, 0.2) is 28.6 Å². The number of benzene rings is 1. The first kappa shape index (κ1) is 14.3. The Morgan fingerprint density at radius 3 is 2.84 bits per heavy atom. The Bertz CT molecular complexity index is 698. The molecule has 3 N–H and O–H groups in total. The predicted molar refractivity (Wildman–Crippen MR) is 76.7 cm³/mol. The summed E-state index contributed by atoms with van der Waals surface area (Å²) < 4.78 is 26.8. The average molecular weight is 318 g/mol. The number of thiazole rings is 1. The topological polar surface area (TPSA) is 85.1 Å². The van der Waals surface area contributed by atoms with Crippen molar-refractivity contribution in [3.63, 3.8) is 0 Å². The molecule has 19 heavy (non-hydrogen) atoms. The molecule has 1 aromatic heterocycles. The maximum Gasteiger partial charge on any atom is 0.242 e. The van der Waals surface area contributed by atoms with Crippen molar-refractivity contribution in [3.05, 3.63) is 39.3 Å². The number of nitrogens with one attached hydrogen (secondary N) is 1. The van der Waals surface area contributed by atoms with Crippen LogP contribution in [0.1, 0.15) is 10.6 Å². The quantitative estimate of drug-likeness (QED) is 0.846. The first-order valence-corrected chi connectivity index (χ1v) is 8.08. The van der Waals surface area contributed by atoms with E-state index >= 15 is 0 Å². The molecule has 0 aliphatic rings. The van der Waals surface area contributed by atoms with Crippen molar-refractivity contribution in [3.8, 4) is 0 Å². The number of nitrogens with zero attached hydrogens (tertiary/aromatic N) is 1. The molecule has 2 aromatic rings. The van der Waals surface area contributed by atoms with Gasteiger partial charge >= 0.3 is 0 Å². The molecule has 1 heterocycles. The summed E-state index contributed by atoms with van der Waals surface area (Å²) in [5.74, 6) is 0. The van der Waals surface area contributed by atoms with Gasteiger partial charge in [-0.2, -0.15) is 0 Å². The number of nitrogens with two attached hydrogens (primary N) is 1. The fourth-order valence-electron chi connectivity index (χ4n) is 1.48. The Balaban J connectivity index is 2.23. The molecule has 0 saturated heterocycles. The lowest BCUT2D eigenvalue weighted by atomic mass is 10.3. The second kappa shape index (κ2) is 5.46. The number of sulfonamides is 1. The molecule has 2 rings (SSSR count). The molecule has 8 heteroatoms. The molecule has 0 amide bonds. The van der Waals surface area contributed by atoms with Gasteiger partial charge in [0.2, 0.25) is 10.0 Å². The zero-order valence-corrected chi connectivity index (χ0v) is 12.4. The molecule has 0 aliphatic heterocycles. The van der Waals surface area contributed by atoms with E-state index in [1.54, 1.807) is 11.6 Å². The van der Waals surface area contributed by atoms with Gasteiger partial charge in [0.05, 0.1) is 16.9 Å². The Morgan fingerprint density at radius 1 is 1.47 bits per heavy atom. The van der Waals surface area contributed by atoms with E-state index in [2.05, 4.69) is 9.71 Å². The van der Waals surface area contributed by atoms with Crippen LogP contribution in [-0.4, -0.2) is 13.4 Å². The van der Waals surface area contributed by atoms with Crippen LogP contribution < -0.4 is 10.5 Å². The van der Waals surface area contributed by atoms with Crippen molar-refractivity contribution in [1.82, 2.24) is 9.71 Å². The fourth-order valence-corrected chi connectivity index (χ4v) is 3.67. The molecular formula is C11H12ClN3O2S2. The molecule has 0 unspecified atom stereocenters. The van der Waals surface area contributed by atoms with Gasteiger partial charge in [-0.25, -0.2) is 18.1 Å². The van der Waals surface area contributed by atoms with Crippen LogP contribution in [-0.2, 0) is 16.6 Å². The zero-order chi connectivity index (χ0) is 14.0. The van der Waals surface area contributed by atoms with Crippen molar-refractivity contribution < 1.29 is 8.42 Å². The lowest BCUT2D eigenvalue weighted by Gasteiger charge is -2.09. The minimum atomic E-state index is -3.69. The van der Waals surface area contributed by atoms with Gasteiger partial charge in [0.15, 0.2) is 0 Å². The summed E-state index contributed by atoms with van der Waals surface area (Å²) in [6.45, 7) is 2.01. The molecule has 102 valence electrons. The Morgan fingerprint density at radius 2 is 2.21 bits per heavy atom. The van der Waals surface area contributed by atoms with E-state index in [-0.39, 0.29) is 17.1 Å². The van der Waals surface area contributed by atoms with Gasteiger partial charge in [-0.05, 0) is 25.1 Å². The van der Waals surface area contributed by atoms with E-state index in [9.17, 15) is 8.42 Å². The van der Waals surface area contributed by atoms with Crippen LogP contribution >= 0.6 is 22.9 Å². The maximum absolute atomic E-state index is 12.1. The molecule has 0 saturated carbocycles. The summed E-state index contributed by atoms with van der Waals surface area (Å²) in [6.07, 6.45) is 0. The van der Waals surface area contributed by atoms with Gasteiger partial charge in [0.1, 0.15) is 4.90 Å². The number of aryl methyl sites for hydroxylation is 1. The summed E-state index contributed by atoms with van der Waals surface area (Å²) in [5.41, 5.74) is 8.32. The van der Waals surface area contributed by atoms with Crippen LogP contribution in [0.4, 0.5) is 5.69 Å². The van der Waals surface area contributed by atoms with Crippen LogP contribution in [0.2, 0.25) is 5.02 Å². The molecule has 1 aromatic carbocycles. The minimum absolute atomic E-state index is 0.0119. The lowest BCUT2D eigenvalue weighted by Crippen LogP contribution is -2.24. The average Bonchev–Trinajstić information content (AvgIpc) is 2.75. The second-order valence-electron chi connectivity index (χ2n) is 3.87. The van der Waals surface area contributed by atoms with Crippen molar-refractivity contribution in [2.24, 2.45) is 0 Å². The SMILES string of the molecule is Cc1ncsc1CNS(=O)(=O)c1cc(Cl)ccc1N. The lowest BCUT2D eigenvalue weighted by molar-refractivity contribution is 0.582. The van der Waals surface area contributed by atoms with Crippen LogP contribution in [0, 0.1) is 6.92 Å². The number of anilines is 1. The zero-order valence-electron chi connectivity index (χ0n) is 10.1. The monoisotopic (exact) mass is 317 g/mol. The second-order valence-corrected chi connectivity index (χ2v) is 6.98. The van der Waals surface area contributed by atoms with Gasteiger partial charge in [0, 0.05) is 16.4 Å². The summed E-state index contributed by atoms with van der Waals surface area (Å²) in [7, 11) is -3.69. The van der Waals surface area contributed by atoms with Gasteiger partial charge < -0.3 is 5.73 Å². The standard InChI is InChI=1S/C11H12ClN3O2S2/c1-7-10(18-6-14-7)5-15-19(16,17)11-4-8(12)2-3-9(11)13/h2-4,6,15H,5,13H2,1H3. The smallest absolute Gasteiger partial charge is 0.242 e. The van der Waals surface area contributed by atoms with Gasteiger partial charge in [-0.1, -0.05) is 11.6 Å². The first-order valence-electron chi connectivity index (χ1n) is 5.34. The van der Waals surface area contributed by atoms with E-state index in [4.69, 9.17) is 17.3 Å². The first-order chi connectivity index (χ1) is 8.90. The Labute approximate surface area is 120 Å². The third-order valence-corrected chi connectivity index (χ3v) is 5.16. The summed E-state index contributed by atoms with van der Waals surface area (Å²) in [4.78, 5) is 4.91. The number of halogens is 1. The number of aromatic nitrogens is 1. The number of hydrogen-bond acceptors (Lipinski definition) is 5. The molecule has 5 nitrogen and oxygen atoms in total. The maximum atomic E-state index is 12.1. The van der Waals surface area contributed by atoms with Gasteiger partial charge in [0.25, 0.3) is 0 Å². The molecule has 0 aliphatic carbocycles. The number of hydrogen-bond donors (Lipinski definition) is 2. The van der Waals surface area contributed by atoms with E-state index in [1.165, 1.54) is 23.5 Å². The van der Waals surface area contributed by atoms with Gasteiger partial charge in [-0.15, -0.1) is 11.3 Å². The third kappa shape index (κ3) is 3.24. The highest BCUT2D eigenvalue weighted by Gasteiger charge is 2.18.